The van der Waals surface area contributed by atoms with E-state index in [1.807, 2.05) is 11.6 Å². The summed E-state index contributed by atoms with van der Waals surface area (Å²) < 4.78 is 15.0. The summed E-state index contributed by atoms with van der Waals surface area (Å²) in [6, 6.07) is 6.43. The van der Waals surface area contributed by atoms with Crippen LogP contribution in [0.4, 0.5) is 4.39 Å². The maximum Gasteiger partial charge on any atom is 0.123 e. The van der Waals surface area contributed by atoms with Crippen LogP contribution < -0.4 is 5.73 Å². The fourth-order valence-corrected chi connectivity index (χ4v) is 2.57. The molecular weight excluding hydrogens is 241 g/mol. The van der Waals surface area contributed by atoms with E-state index in [2.05, 4.69) is 18.9 Å². The topological polar surface area (TPSA) is 43.8 Å². The van der Waals surface area contributed by atoms with Crippen LogP contribution in [0, 0.1) is 19.7 Å². The molecule has 2 N–H and O–H groups in total. The van der Waals surface area contributed by atoms with Gasteiger partial charge in [-0.1, -0.05) is 19.1 Å². The Hall–Kier alpha value is -1.68. The Balaban J connectivity index is 2.45. The molecule has 1 atom stereocenters. The number of aromatic nitrogens is 2. The van der Waals surface area contributed by atoms with Gasteiger partial charge in [-0.05, 0) is 43.5 Å². The van der Waals surface area contributed by atoms with Crippen LogP contribution in [0.3, 0.4) is 0 Å². The Morgan fingerprint density at radius 3 is 2.37 bits per heavy atom. The van der Waals surface area contributed by atoms with Gasteiger partial charge in [0.2, 0.25) is 0 Å². The van der Waals surface area contributed by atoms with Crippen molar-refractivity contribution in [1.29, 1.82) is 0 Å². The van der Waals surface area contributed by atoms with Crippen molar-refractivity contribution >= 4 is 0 Å². The molecule has 1 unspecified atom stereocenters. The molecular formula is C15H20FN3. The van der Waals surface area contributed by atoms with Gasteiger partial charge in [-0.2, -0.15) is 5.10 Å². The highest BCUT2D eigenvalue weighted by atomic mass is 19.1. The summed E-state index contributed by atoms with van der Waals surface area (Å²) >= 11 is 0. The van der Waals surface area contributed by atoms with Crippen molar-refractivity contribution in [3.8, 4) is 0 Å². The SMILES string of the molecule is CCc1c(C)nn(C(CN)c2ccc(F)cc2)c1C. The summed E-state index contributed by atoms with van der Waals surface area (Å²) in [5.74, 6) is -0.234. The van der Waals surface area contributed by atoms with Gasteiger partial charge in [-0.15, -0.1) is 0 Å². The van der Waals surface area contributed by atoms with Crippen LogP contribution in [0.15, 0.2) is 24.3 Å². The Morgan fingerprint density at radius 1 is 1.26 bits per heavy atom. The van der Waals surface area contributed by atoms with Gasteiger partial charge in [0.15, 0.2) is 0 Å². The van der Waals surface area contributed by atoms with E-state index >= 15 is 0 Å². The average molecular weight is 261 g/mol. The second-order valence-corrected chi connectivity index (χ2v) is 4.75. The number of nitrogens with zero attached hydrogens (tertiary/aromatic N) is 2. The molecule has 2 aromatic rings. The van der Waals surface area contributed by atoms with Crippen LogP contribution in [0.25, 0.3) is 0 Å². The van der Waals surface area contributed by atoms with Crippen molar-refractivity contribution in [3.63, 3.8) is 0 Å². The van der Waals surface area contributed by atoms with Crippen molar-refractivity contribution in [2.75, 3.05) is 6.54 Å². The van der Waals surface area contributed by atoms with E-state index in [-0.39, 0.29) is 11.9 Å². The lowest BCUT2D eigenvalue weighted by Crippen LogP contribution is -2.22. The van der Waals surface area contributed by atoms with Gasteiger partial charge in [-0.25, -0.2) is 4.39 Å². The maximum absolute atomic E-state index is 13.0. The van der Waals surface area contributed by atoms with Crippen molar-refractivity contribution in [2.24, 2.45) is 5.73 Å². The smallest absolute Gasteiger partial charge is 0.123 e. The van der Waals surface area contributed by atoms with Gasteiger partial charge in [0.05, 0.1) is 11.7 Å². The summed E-state index contributed by atoms with van der Waals surface area (Å²) in [7, 11) is 0. The molecule has 3 nitrogen and oxygen atoms in total. The van der Waals surface area contributed by atoms with E-state index in [1.54, 1.807) is 12.1 Å². The van der Waals surface area contributed by atoms with Gasteiger partial charge in [-0.3, -0.25) is 4.68 Å². The quantitative estimate of drug-likeness (QED) is 0.919. The molecule has 0 aliphatic heterocycles. The predicted octanol–water partition coefficient (Wildman–Crippen LogP) is 2.75. The molecule has 0 bridgehead atoms. The first kappa shape index (κ1) is 13.7. The molecule has 1 aromatic heterocycles. The Kier molecular flexibility index (Phi) is 4.00. The van der Waals surface area contributed by atoms with Crippen LogP contribution in [0.1, 0.15) is 35.5 Å². The van der Waals surface area contributed by atoms with Gasteiger partial charge < -0.3 is 5.73 Å². The zero-order chi connectivity index (χ0) is 14.0. The molecule has 0 radical (unpaired) electrons. The largest absolute Gasteiger partial charge is 0.328 e. The fourth-order valence-electron chi connectivity index (χ4n) is 2.57. The third-order valence-electron chi connectivity index (χ3n) is 3.60. The van der Waals surface area contributed by atoms with Crippen molar-refractivity contribution in [2.45, 2.75) is 33.2 Å². The van der Waals surface area contributed by atoms with Gasteiger partial charge in [0.25, 0.3) is 0 Å². The van der Waals surface area contributed by atoms with Crippen LogP contribution in [0.5, 0.6) is 0 Å². The lowest BCUT2D eigenvalue weighted by molar-refractivity contribution is 0.514. The van der Waals surface area contributed by atoms with Crippen LogP contribution >= 0.6 is 0 Å². The van der Waals surface area contributed by atoms with E-state index in [0.717, 1.165) is 23.4 Å². The standard InChI is InChI=1S/C15H20FN3/c1-4-14-10(2)18-19(11(14)3)15(9-17)12-5-7-13(16)8-6-12/h5-8,15H,4,9,17H2,1-3H3. The Morgan fingerprint density at radius 2 is 1.89 bits per heavy atom. The highest BCUT2D eigenvalue weighted by Crippen LogP contribution is 2.23. The van der Waals surface area contributed by atoms with Crippen molar-refractivity contribution < 1.29 is 4.39 Å². The molecule has 1 heterocycles. The number of benzene rings is 1. The first-order chi connectivity index (χ1) is 9.08. The summed E-state index contributed by atoms with van der Waals surface area (Å²) in [5.41, 5.74) is 10.3. The van der Waals surface area contributed by atoms with E-state index in [0.29, 0.717) is 6.54 Å². The molecule has 4 heteroatoms. The van der Waals surface area contributed by atoms with Gasteiger partial charge in [0, 0.05) is 12.2 Å². The lowest BCUT2D eigenvalue weighted by Gasteiger charge is -2.18. The predicted molar refractivity (Wildman–Crippen MR) is 74.7 cm³/mol. The molecule has 0 aliphatic carbocycles. The number of nitrogens with two attached hydrogens (primary N) is 1. The molecule has 19 heavy (non-hydrogen) atoms. The van der Waals surface area contributed by atoms with Crippen LogP contribution in [-0.2, 0) is 6.42 Å². The maximum atomic E-state index is 13.0. The third-order valence-corrected chi connectivity index (χ3v) is 3.60. The highest BCUT2D eigenvalue weighted by Gasteiger charge is 2.18. The molecule has 102 valence electrons. The molecule has 0 fully saturated rings. The van der Waals surface area contributed by atoms with Gasteiger partial charge in [0.1, 0.15) is 5.82 Å². The molecule has 0 spiro atoms. The van der Waals surface area contributed by atoms with Gasteiger partial charge >= 0.3 is 0 Å². The first-order valence-corrected chi connectivity index (χ1v) is 6.58. The zero-order valence-corrected chi connectivity index (χ0v) is 11.7. The fraction of sp³-hybridized carbons (Fsp3) is 0.400. The number of halogens is 1. The lowest BCUT2D eigenvalue weighted by atomic mass is 10.1. The Bertz CT molecular complexity index is 558. The first-order valence-electron chi connectivity index (χ1n) is 6.58. The molecule has 0 saturated heterocycles. The minimum absolute atomic E-state index is 0.0420. The van der Waals surface area contributed by atoms with Crippen LogP contribution in [-0.4, -0.2) is 16.3 Å². The van der Waals surface area contributed by atoms with E-state index in [4.69, 9.17) is 5.73 Å². The Labute approximate surface area is 113 Å². The number of hydrogen-bond donors (Lipinski definition) is 1. The minimum atomic E-state index is -0.234. The summed E-state index contributed by atoms with van der Waals surface area (Å²) in [4.78, 5) is 0. The summed E-state index contributed by atoms with van der Waals surface area (Å²) in [6.45, 7) is 6.64. The molecule has 0 saturated carbocycles. The number of hydrogen-bond acceptors (Lipinski definition) is 2. The molecule has 2 rings (SSSR count). The second kappa shape index (κ2) is 5.53. The highest BCUT2D eigenvalue weighted by molar-refractivity contribution is 5.28. The number of rotatable bonds is 4. The number of aryl methyl sites for hydroxylation is 1. The summed E-state index contributed by atoms with van der Waals surface area (Å²) in [5, 5.41) is 4.59. The van der Waals surface area contributed by atoms with E-state index in [9.17, 15) is 4.39 Å². The average Bonchev–Trinajstić information content (AvgIpc) is 2.68. The third kappa shape index (κ3) is 2.54. The van der Waals surface area contributed by atoms with E-state index < -0.39 is 0 Å². The summed E-state index contributed by atoms with van der Waals surface area (Å²) in [6.07, 6.45) is 0.957. The molecule has 0 amide bonds. The van der Waals surface area contributed by atoms with Crippen molar-refractivity contribution in [3.05, 3.63) is 52.6 Å². The monoisotopic (exact) mass is 261 g/mol. The van der Waals surface area contributed by atoms with Crippen LogP contribution in [0.2, 0.25) is 0 Å². The van der Waals surface area contributed by atoms with E-state index in [1.165, 1.54) is 17.7 Å². The zero-order valence-electron chi connectivity index (χ0n) is 11.7. The normalized spacial score (nSPS) is 12.7. The van der Waals surface area contributed by atoms with Crippen molar-refractivity contribution in [1.82, 2.24) is 9.78 Å². The second-order valence-electron chi connectivity index (χ2n) is 4.75. The molecule has 1 aromatic carbocycles. The molecule has 0 aliphatic rings. The minimum Gasteiger partial charge on any atom is -0.328 e.